The number of carbonyl (C=O) groups excluding carboxylic acids is 1. The Bertz CT molecular complexity index is 1230. The molecule has 0 aliphatic carbocycles. The number of rotatable bonds is 5. The number of hydrogen-bond acceptors (Lipinski definition) is 3. The van der Waals surface area contributed by atoms with E-state index in [1.807, 2.05) is 54.6 Å². The number of methoxy groups -OCH3 is 1. The third-order valence-corrected chi connectivity index (χ3v) is 5.52. The molecule has 1 aliphatic rings. The Kier molecular flexibility index (Phi) is 5.73. The Morgan fingerprint density at radius 1 is 1.03 bits per heavy atom. The first-order chi connectivity index (χ1) is 15.0. The number of carboxylic acid groups (broad SMARTS) is 1. The standard InChI is InChI=1S/C25H18BrNO4/c1-31-23-11-10-16(13-21(23)26)12-19-15-22(17-6-3-2-4-7-17)27(24(19)28)20-9-5-8-18(14-20)25(29)30/h2-15H,1H3,(H,29,30)/b19-12+. The van der Waals surface area contributed by atoms with Gasteiger partial charge in [0.25, 0.3) is 5.91 Å². The number of ether oxygens (including phenoxy) is 1. The van der Waals surface area contributed by atoms with E-state index in [-0.39, 0.29) is 11.5 Å². The van der Waals surface area contributed by atoms with Crippen LogP contribution in [0.5, 0.6) is 5.75 Å². The van der Waals surface area contributed by atoms with Crippen molar-refractivity contribution in [2.45, 2.75) is 0 Å². The number of carboxylic acids is 1. The predicted octanol–water partition coefficient (Wildman–Crippen LogP) is 5.63. The summed E-state index contributed by atoms with van der Waals surface area (Å²) in [5.41, 5.74) is 3.49. The van der Waals surface area contributed by atoms with Gasteiger partial charge < -0.3 is 9.84 Å². The highest BCUT2D eigenvalue weighted by atomic mass is 79.9. The van der Waals surface area contributed by atoms with Gasteiger partial charge in [-0.2, -0.15) is 0 Å². The predicted molar refractivity (Wildman–Crippen MR) is 124 cm³/mol. The summed E-state index contributed by atoms with van der Waals surface area (Å²) in [6.45, 7) is 0. The molecular weight excluding hydrogens is 458 g/mol. The van der Waals surface area contributed by atoms with Crippen molar-refractivity contribution in [1.29, 1.82) is 0 Å². The third kappa shape index (κ3) is 4.15. The average molecular weight is 476 g/mol. The van der Waals surface area contributed by atoms with Crippen LogP contribution in [-0.2, 0) is 4.79 Å². The van der Waals surface area contributed by atoms with Gasteiger partial charge >= 0.3 is 5.97 Å². The zero-order valence-electron chi connectivity index (χ0n) is 16.6. The second kappa shape index (κ2) is 8.62. The summed E-state index contributed by atoms with van der Waals surface area (Å²) in [5.74, 6) is -0.571. The summed E-state index contributed by atoms with van der Waals surface area (Å²) in [6, 6.07) is 21.5. The largest absolute Gasteiger partial charge is 0.496 e. The summed E-state index contributed by atoms with van der Waals surface area (Å²) >= 11 is 3.47. The van der Waals surface area contributed by atoms with Crippen molar-refractivity contribution in [2.24, 2.45) is 0 Å². The van der Waals surface area contributed by atoms with Crippen LogP contribution in [0.15, 0.2) is 88.9 Å². The van der Waals surface area contributed by atoms with E-state index in [0.29, 0.717) is 22.7 Å². The number of aromatic carboxylic acids is 1. The van der Waals surface area contributed by atoms with E-state index in [4.69, 9.17) is 4.74 Å². The summed E-state index contributed by atoms with van der Waals surface area (Å²) < 4.78 is 6.05. The molecule has 1 aliphatic heterocycles. The van der Waals surface area contributed by atoms with Gasteiger partial charge in [-0.05, 0) is 69.5 Å². The maximum Gasteiger partial charge on any atom is 0.335 e. The van der Waals surface area contributed by atoms with E-state index in [2.05, 4.69) is 15.9 Å². The molecule has 0 saturated heterocycles. The molecule has 3 aromatic carbocycles. The molecule has 0 saturated carbocycles. The van der Waals surface area contributed by atoms with Crippen LogP contribution >= 0.6 is 15.9 Å². The van der Waals surface area contributed by atoms with Crippen molar-refractivity contribution in [1.82, 2.24) is 0 Å². The van der Waals surface area contributed by atoms with Crippen molar-refractivity contribution >= 4 is 45.3 Å². The van der Waals surface area contributed by atoms with Crippen LogP contribution in [-0.4, -0.2) is 24.1 Å². The third-order valence-electron chi connectivity index (χ3n) is 4.90. The van der Waals surface area contributed by atoms with Crippen LogP contribution in [0.4, 0.5) is 5.69 Å². The second-order valence-corrected chi connectivity index (χ2v) is 7.74. The van der Waals surface area contributed by atoms with Gasteiger partial charge in [0.15, 0.2) is 0 Å². The monoisotopic (exact) mass is 475 g/mol. The molecular formula is C25H18BrNO4. The number of halogens is 1. The van der Waals surface area contributed by atoms with Crippen LogP contribution in [0, 0.1) is 0 Å². The lowest BCUT2D eigenvalue weighted by Gasteiger charge is -2.21. The molecule has 0 bridgehead atoms. The van der Waals surface area contributed by atoms with Crippen LogP contribution < -0.4 is 9.64 Å². The lowest BCUT2D eigenvalue weighted by molar-refractivity contribution is -0.113. The molecule has 1 amide bonds. The zero-order chi connectivity index (χ0) is 22.0. The number of hydrogen-bond donors (Lipinski definition) is 1. The Morgan fingerprint density at radius 3 is 2.48 bits per heavy atom. The Hall–Kier alpha value is -3.64. The molecule has 31 heavy (non-hydrogen) atoms. The number of anilines is 1. The summed E-state index contributed by atoms with van der Waals surface area (Å²) in [5, 5.41) is 9.37. The van der Waals surface area contributed by atoms with Gasteiger partial charge in [0, 0.05) is 5.57 Å². The number of carbonyl (C=O) groups is 2. The van der Waals surface area contributed by atoms with Crippen LogP contribution in [0.25, 0.3) is 11.8 Å². The molecule has 0 atom stereocenters. The number of amides is 1. The lowest BCUT2D eigenvalue weighted by Crippen LogP contribution is -2.25. The van der Waals surface area contributed by atoms with Gasteiger partial charge in [-0.3, -0.25) is 9.69 Å². The smallest absolute Gasteiger partial charge is 0.335 e. The van der Waals surface area contributed by atoms with Gasteiger partial charge in [0.1, 0.15) is 5.75 Å². The average Bonchev–Trinajstić information content (AvgIpc) is 3.10. The number of nitrogens with zero attached hydrogens (tertiary/aromatic N) is 1. The maximum absolute atomic E-state index is 13.4. The van der Waals surface area contributed by atoms with Crippen LogP contribution in [0.2, 0.25) is 0 Å². The quantitative estimate of drug-likeness (QED) is 0.485. The van der Waals surface area contributed by atoms with Crippen LogP contribution in [0.1, 0.15) is 21.5 Å². The molecule has 3 aromatic rings. The molecule has 1 N–H and O–H groups in total. The highest BCUT2D eigenvalue weighted by Gasteiger charge is 2.30. The van der Waals surface area contributed by atoms with E-state index >= 15 is 0 Å². The molecule has 1 heterocycles. The minimum Gasteiger partial charge on any atom is -0.496 e. The molecule has 0 radical (unpaired) electrons. The topological polar surface area (TPSA) is 66.8 Å². The molecule has 4 rings (SSSR count). The summed E-state index contributed by atoms with van der Waals surface area (Å²) in [6.07, 6.45) is 3.62. The van der Waals surface area contributed by atoms with Gasteiger partial charge in [-0.15, -0.1) is 0 Å². The highest BCUT2D eigenvalue weighted by Crippen LogP contribution is 2.36. The van der Waals surface area contributed by atoms with E-state index < -0.39 is 5.97 Å². The first kappa shape index (κ1) is 20.6. The minimum atomic E-state index is -1.04. The van der Waals surface area contributed by atoms with E-state index in [0.717, 1.165) is 15.6 Å². The summed E-state index contributed by atoms with van der Waals surface area (Å²) in [7, 11) is 1.59. The zero-order valence-corrected chi connectivity index (χ0v) is 18.2. The Balaban J connectivity index is 1.81. The fraction of sp³-hybridized carbons (Fsp3) is 0.0400. The van der Waals surface area contributed by atoms with E-state index in [1.165, 1.54) is 12.1 Å². The normalized spacial score (nSPS) is 14.6. The van der Waals surface area contributed by atoms with Crippen molar-refractivity contribution < 1.29 is 19.4 Å². The first-order valence-electron chi connectivity index (χ1n) is 9.48. The van der Waals surface area contributed by atoms with Crippen LogP contribution in [0.3, 0.4) is 0 Å². The van der Waals surface area contributed by atoms with Crippen molar-refractivity contribution in [3.8, 4) is 5.75 Å². The highest BCUT2D eigenvalue weighted by molar-refractivity contribution is 9.10. The van der Waals surface area contributed by atoms with Crippen molar-refractivity contribution in [3.05, 3.63) is 106 Å². The molecule has 0 aromatic heterocycles. The Labute approximate surface area is 188 Å². The SMILES string of the molecule is COc1ccc(/C=C2\C=C(c3ccccc3)N(c3cccc(C(=O)O)c3)C2=O)cc1Br. The lowest BCUT2D eigenvalue weighted by atomic mass is 10.1. The molecule has 0 spiro atoms. The van der Waals surface area contributed by atoms with Gasteiger partial charge in [0.2, 0.25) is 0 Å². The number of benzene rings is 3. The van der Waals surface area contributed by atoms with E-state index in [1.54, 1.807) is 30.2 Å². The molecule has 6 heteroatoms. The van der Waals surface area contributed by atoms with Crippen molar-refractivity contribution in [2.75, 3.05) is 12.0 Å². The minimum absolute atomic E-state index is 0.120. The van der Waals surface area contributed by atoms with Gasteiger partial charge in [-0.25, -0.2) is 4.79 Å². The fourth-order valence-electron chi connectivity index (χ4n) is 3.42. The van der Waals surface area contributed by atoms with Gasteiger partial charge in [-0.1, -0.05) is 42.5 Å². The molecule has 5 nitrogen and oxygen atoms in total. The maximum atomic E-state index is 13.4. The summed E-state index contributed by atoms with van der Waals surface area (Å²) in [4.78, 5) is 26.4. The second-order valence-electron chi connectivity index (χ2n) is 6.89. The molecule has 0 unspecified atom stereocenters. The Morgan fingerprint density at radius 2 is 1.81 bits per heavy atom. The van der Waals surface area contributed by atoms with Gasteiger partial charge in [0.05, 0.1) is 28.5 Å². The van der Waals surface area contributed by atoms with E-state index in [9.17, 15) is 14.7 Å². The molecule has 0 fully saturated rings. The first-order valence-corrected chi connectivity index (χ1v) is 10.3. The molecule has 154 valence electrons. The fourth-order valence-corrected chi connectivity index (χ4v) is 3.98. The van der Waals surface area contributed by atoms with Crippen molar-refractivity contribution in [3.63, 3.8) is 0 Å².